The number of sulfonamides is 1. The van der Waals surface area contributed by atoms with Crippen LogP contribution in [0.4, 0.5) is 0 Å². The second-order valence-corrected chi connectivity index (χ2v) is 7.04. The SMILES string of the molecule is Cn1cnc(S(=O)(=O)NCCn2ncc3c2CCCC3)c1. The van der Waals surface area contributed by atoms with Gasteiger partial charge in [0.05, 0.1) is 19.1 Å². The van der Waals surface area contributed by atoms with Crippen LogP contribution in [0.25, 0.3) is 0 Å². The van der Waals surface area contributed by atoms with E-state index in [9.17, 15) is 8.42 Å². The van der Waals surface area contributed by atoms with Crippen molar-refractivity contribution < 1.29 is 8.42 Å². The van der Waals surface area contributed by atoms with Crippen molar-refractivity contribution in [3.63, 3.8) is 0 Å². The Bertz CT molecular complexity index is 732. The standard InChI is InChI=1S/C13H19N5O2S/c1-17-9-13(14-10-17)21(19,20)16-6-7-18-12-5-3-2-4-11(12)8-15-18/h8-10,16H,2-7H2,1H3. The summed E-state index contributed by atoms with van der Waals surface area (Å²) in [6.45, 7) is 0.856. The Kier molecular flexibility index (Phi) is 3.81. The van der Waals surface area contributed by atoms with Gasteiger partial charge < -0.3 is 4.57 Å². The minimum atomic E-state index is -3.54. The van der Waals surface area contributed by atoms with Crippen molar-refractivity contribution in [2.24, 2.45) is 7.05 Å². The Balaban J connectivity index is 1.62. The maximum atomic E-state index is 12.0. The summed E-state index contributed by atoms with van der Waals surface area (Å²) >= 11 is 0. The molecular weight excluding hydrogens is 290 g/mol. The van der Waals surface area contributed by atoms with Gasteiger partial charge in [-0.3, -0.25) is 4.68 Å². The fourth-order valence-corrected chi connectivity index (χ4v) is 3.63. The smallest absolute Gasteiger partial charge is 0.259 e. The molecule has 114 valence electrons. The van der Waals surface area contributed by atoms with Crippen LogP contribution in [0, 0.1) is 0 Å². The van der Waals surface area contributed by atoms with E-state index in [2.05, 4.69) is 14.8 Å². The summed E-state index contributed by atoms with van der Waals surface area (Å²) in [6.07, 6.45) is 9.36. The van der Waals surface area contributed by atoms with Gasteiger partial charge in [0.1, 0.15) is 0 Å². The van der Waals surface area contributed by atoms with Crippen molar-refractivity contribution >= 4 is 10.0 Å². The van der Waals surface area contributed by atoms with Gasteiger partial charge in [-0.05, 0) is 31.2 Å². The third kappa shape index (κ3) is 3.01. The molecule has 8 heteroatoms. The highest BCUT2D eigenvalue weighted by Gasteiger charge is 2.18. The normalized spacial score (nSPS) is 15.1. The number of fused-ring (bicyclic) bond motifs is 1. The van der Waals surface area contributed by atoms with E-state index in [0.29, 0.717) is 13.1 Å². The van der Waals surface area contributed by atoms with Crippen LogP contribution < -0.4 is 4.72 Å². The molecule has 0 amide bonds. The summed E-state index contributed by atoms with van der Waals surface area (Å²) in [7, 11) is -1.80. The summed E-state index contributed by atoms with van der Waals surface area (Å²) in [5.41, 5.74) is 2.55. The molecule has 2 aromatic rings. The third-order valence-corrected chi connectivity index (χ3v) is 5.06. The highest BCUT2D eigenvalue weighted by molar-refractivity contribution is 7.89. The lowest BCUT2D eigenvalue weighted by Gasteiger charge is -2.14. The molecule has 0 radical (unpaired) electrons. The summed E-state index contributed by atoms with van der Waals surface area (Å²) in [5.74, 6) is 0. The van der Waals surface area contributed by atoms with E-state index < -0.39 is 10.0 Å². The molecule has 0 spiro atoms. The fourth-order valence-electron chi connectivity index (χ4n) is 2.64. The van der Waals surface area contributed by atoms with Crippen LogP contribution in [0.5, 0.6) is 0 Å². The number of aryl methyl sites for hydroxylation is 2. The first-order valence-corrected chi connectivity index (χ1v) is 8.56. The zero-order valence-corrected chi connectivity index (χ0v) is 12.8. The predicted molar refractivity (Wildman–Crippen MR) is 77.3 cm³/mol. The van der Waals surface area contributed by atoms with Crippen LogP contribution in [0.3, 0.4) is 0 Å². The van der Waals surface area contributed by atoms with Crippen LogP contribution in [0.15, 0.2) is 23.7 Å². The van der Waals surface area contributed by atoms with E-state index >= 15 is 0 Å². The minimum absolute atomic E-state index is 0.0486. The molecule has 1 aliphatic carbocycles. The van der Waals surface area contributed by atoms with E-state index in [-0.39, 0.29) is 5.03 Å². The molecule has 3 rings (SSSR count). The second-order valence-electron chi connectivity index (χ2n) is 5.32. The van der Waals surface area contributed by atoms with Gasteiger partial charge in [0, 0.05) is 25.5 Å². The van der Waals surface area contributed by atoms with Crippen molar-refractivity contribution in [3.05, 3.63) is 30.0 Å². The van der Waals surface area contributed by atoms with E-state index in [1.165, 1.54) is 36.6 Å². The summed E-state index contributed by atoms with van der Waals surface area (Å²) < 4.78 is 30.2. The molecule has 2 heterocycles. The molecule has 0 aromatic carbocycles. The van der Waals surface area contributed by atoms with Crippen LogP contribution >= 0.6 is 0 Å². The van der Waals surface area contributed by atoms with Crippen molar-refractivity contribution in [2.45, 2.75) is 37.3 Å². The zero-order chi connectivity index (χ0) is 14.9. The van der Waals surface area contributed by atoms with Gasteiger partial charge in [0.25, 0.3) is 10.0 Å². The molecule has 0 saturated carbocycles. The molecule has 1 aliphatic rings. The topological polar surface area (TPSA) is 81.8 Å². The van der Waals surface area contributed by atoms with E-state index in [0.717, 1.165) is 12.8 Å². The highest BCUT2D eigenvalue weighted by atomic mass is 32.2. The molecule has 1 N–H and O–H groups in total. The Labute approximate surface area is 124 Å². The Morgan fingerprint density at radius 2 is 2.14 bits per heavy atom. The van der Waals surface area contributed by atoms with Gasteiger partial charge in [0.15, 0.2) is 5.03 Å². The second kappa shape index (κ2) is 5.61. The molecular formula is C13H19N5O2S. The molecule has 7 nitrogen and oxygen atoms in total. The molecule has 0 aliphatic heterocycles. The summed E-state index contributed by atoms with van der Waals surface area (Å²) in [6, 6.07) is 0. The first-order valence-electron chi connectivity index (χ1n) is 7.07. The van der Waals surface area contributed by atoms with E-state index in [1.54, 1.807) is 11.6 Å². The van der Waals surface area contributed by atoms with E-state index in [4.69, 9.17) is 0 Å². The van der Waals surface area contributed by atoms with Crippen LogP contribution in [0.1, 0.15) is 24.1 Å². The van der Waals surface area contributed by atoms with Crippen molar-refractivity contribution in [2.75, 3.05) is 6.54 Å². The number of aromatic nitrogens is 4. The summed E-state index contributed by atoms with van der Waals surface area (Å²) in [5, 5.41) is 4.40. The molecule has 0 fully saturated rings. The van der Waals surface area contributed by atoms with Crippen molar-refractivity contribution in [1.82, 2.24) is 24.1 Å². The van der Waals surface area contributed by atoms with Crippen LogP contribution in [-0.4, -0.2) is 34.3 Å². The Hall–Kier alpha value is -1.67. The lowest BCUT2D eigenvalue weighted by Crippen LogP contribution is -2.28. The van der Waals surface area contributed by atoms with Gasteiger partial charge in [-0.15, -0.1) is 0 Å². The van der Waals surface area contributed by atoms with Gasteiger partial charge in [-0.2, -0.15) is 5.10 Å². The molecule has 0 saturated heterocycles. The minimum Gasteiger partial charge on any atom is -0.339 e. The first kappa shape index (κ1) is 14.3. The number of nitrogens with zero attached hydrogens (tertiary/aromatic N) is 4. The van der Waals surface area contributed by atoms with Crippen molar-refractivity contribution in [1.29, 1.82) is 0 Å². The molecule has 0 unspecified atom stereocenters. The number of rotatable bonds is 5. The maximum Gasteiger partial charge on any atom is 0.259 e. The molecule has 21 heavy (non-hydrogen) atoms. The number of hydrogen-bond donors (Lipinski definition) is 1. The van der Waals surface area contributed by atoms with Crippen LogP contribution in [-0.2, 0) is 36.5 Å². The fraction of sp³-hybridized carbons (Fsp3) is 0.538. The van der Waals surface area contributed by atoms with Gasteiger partial charge in [-0.1, -0.05) is 0 Å². The average molecular weight is 309 g/mol. The summed E-state index contributed by atoms with van der Waals surface area (Å²) in [4.78, 5) is 3.86. The highest BCUT2D eigenvalue weighted by Crippen LogP contribution is 2.20. The lowest BCUT2D eigenvalue weighted by atomic mass is 9.98. The van der Waals surface area contributed by atoms with Crippen LogP contribution in [0.2, 0.25) is 0 Å². The first-order chi connectivity index (χ1) is 10.1. The largest absolute Gasteiger partial charge is 0.339 e. The monoisotopic (exact) mass is 309 g/mol. The lowest BCUT2D eigenvalue weighted by molar-refractivity contribution is 0.537. The molecule has 0 atom stereocenters. The third-order valence-electron chi connectivity index (χ3n) is 3.72. The van der Waals surface area contributed by atoms with Gasteiger partial charge in [0.2, 0.25) is 0 Å². The number of imidazole rings is 1. The van der Waals surface area contributed by atoms with E-state index in [1.807, 2.05) is 10.9 Å². The zero-order valence-electron chi connectivity index (χ0n) is 12.0. The number of nitrogens with one attached hydrogen (secondary N) is 1. The molecule has 0 bridgehead atoms. The average Bonchev–Trinajstić information content (AvgIpc) is 3.06. The quantitative estimate of drug-likeness (QED) is 0.870. The van der Waals surface area contributed by atoms with Crippen molar-refractivity contribution in [3.8, 4) is 0 Å². The maximum absolute atomic E-state index is 12.0. The Morgan fingerprint density at radius 1 is 1.33 bits per heavy atom. The molecule has 2 aromatic heterocycles. The van der Waals surface area contributed by atoms with Gasteiger partial charge in [-0.25, -0.2) is 18.1 Å². The van der Waals surface area contributed by atoms with Gasteiger partial charge >= 0.3 is 0 Å². The Morgan fingerprint density at radius 3 is 2.90 bits per heavy atom. The number of hydrogen-bond acceptors (Lipinski definition) is 4. The predicted octanol–water partition coefficient (Wildman–Crippen LogP) is 0.474.